The molecule has 0 unspecified atom stereocenters. The Balaban J connectivity index is 0.000000195. The van der Waals surface area contributed by atoms with Gasteiger partial charge in [-0.1, -0.05) is 157 Å². The molecule has 0 aromatic heterocycles. The summed E-state index contributed by atoms with van der Waals surface area (Å²) in [5.41, 5.74) is 21.1. The fraction of sp³-hybridized carbons (Fsp3) is 0.365. The van der Waals surface area contributed by atoms with Crippen LogP contribution in [0.1, 0.15) is 136 Å². The van der Waals surface area contributed by atoms with E-state index in [2.05, 4.69) is 138 Å². The van der Waals surface area contributed by atoms with E-state index in [1.54, 1.807) is 27.8 Å². The van der Waals surface area contributed by atoms with Gasteiger partial charge in [-0.2, -0.15) is 0 Å². The van der Waals surface area contributed by atoms with Crippen LogP contribution in [0.4, 0.5) is 0 Å². The van der Waals surface area contributed by atoms with Crippen LogP contribution < -0.4 is 0 Å². The van der Waals surface area contributed by atoms with Crippen LogP contribution in [0.5, 0.6) is 0 Å². The van der Waals surface area contributed by atoms with Crippen molar-refractivity contribution in [3.63, 3.8) is 0 Å². The quantitative estimate of drug-likeness (QED) is 0.0501. The lowest BCUT2D eigenvalue weighted by Crippen LogP contribution is -2.08. The van der Waals surface area contributed by atoms with Crippen molar-refractivity contribution in [3.05, 3.63) is 212 Å². The van der Waals surface area contributed by atoms with Gasteiger partial charge in [0.15, 0.2) is 0 Å². The van der Waals surface area contributed by atoms with E-state index in [9.17, 15) is 0 Å². The van der Waals surface area contributed by atoms with E-state index in [1.807, 2.05) is 24.3 Å². The second kappa shape index (κ2) is 22.9. The summed E-state index contributed by atoms with van der Waals surface area (Å²) in [4.78, 5) is 0. The first-order valence-electron chi connectivity index (χ1n) is 24.6. The first-order chi connectivity index (χ1) is 30.8. The van der Waals surface area contributed by atoms with Crippen LogP contribution in [0, 0.1) is 27.7 Å². The summed E-state index contributed by atoms with van der Waals surface area (Å²) >= 11 is 0. The Morgan fingerprint density at radius 1 is 0.365 bits per heavy atom. The molecule has 0 radical (unpaired) electrons. The van der Waals surface area contributed by atoms with Crippen molar-refractivity contribution in [1.82, 2.24) is 0 Å². The number of allylic oxidation sites excluding steroid dienone is 6. The first-order valence-corrected chi connectivity index (χ1v) is 24.6. The fourth-order valence-corrected chi connectivity index (χ4v) is 10.2. The van der Waals surface area contributed by atoms with Crippen molar-refractivity contribution in [2.75, 3.05) is 0 Å². The standard InChI is InChI=1S/C35H38.C28H36/c1-24-18-32(8-4-3-6-26-10-12-28-14-16-30(28)22-26)34-20-25(2)19-33(35(34)21-24)9-5-7-27-11-13-29-15-17-31(29)23-27;1-5-7-9-11-13-15-17-25-19-23(3)22-28-26(20-24(4)21-27(25)28)18-16-14-12-10-8-6-2/h10-13,18-23H,3-9,14-17H2,1-2H3;5-10,19-22H,1-2,11-18H2,3-4H3/b;9-7+,10-8+. The smallest absolute Gasteiger partial charge is 0.0146 e. The molecule has 0 atom stereocenters. The number of hydrogen-bond acceptors (Lipinski definition) is 0. The Kier molecular flexibility index (Phi) is 16.7. The zero-order valence-corrected chi connectivity index (χ0v) is 39.4. The zero-order chi connectivity index (χ0) is 44.0. The van der Waals surface area contributed by atoms with Crippen LogP contribution in [-0.2, 0) is 64.2 Å². The van der Waals surface area contributed by atoms with Gasteiger partial charge in [-0.15, -0.1) is 0 Å². The fourth-order valence-electron chi connectivity index (χ4n) is 10.2. The molecule has 6 aromatic rings. The van der Waals surface area contributed by atoms with E-state index < -0.39 is 0 Å². The summed E-state index contributed by atoms with van der Waals surface area (Å²) in [6, 6.07) is 33.6. The maximum atomic E-state index is 3.73. The molecule has 0 aliphatic heterocycles. The average Bonchev–Trinajstić information content (AvgIpc) is 3.24. The highest BCUT2D eigenvalue weighted by molar-refractivity contribution is 5.91. The Hall–Kier alpha value is -5.20. The Morgan fingerprint density at radius 2 is 0.698 bits per heavy atom. The number of aryl methyl sites for hydroxylation is 14. The van der Waals surface area contributed by atoms with Crippen LogP contribution in [0.2, 0.25) is 0 Å². The van der Waals surface area contributed by atoms with E-state index in [-0.39, 0.29) is 0 Å². The van der Waals surface area contributed by atoms with Gasteiger partial charge >= 0.3 is 0 Å². The molecule has 0 N–H and O–H groups in total. The van der Waals surface area contributed by atoms with Gasteiger partial charge in [0, 0.05) is 0 Å². The highest BCUT2D eigenvalue weighted by Gasteiger charge is 2.15. The van der Waals surface area contributed by atoms with E-state index in [0.29, 0.717) is 0 Å². The highest BCUT2D eigenvalue weighted by atomic mass is 14.2. The number of unbranched alkanes of at least 4 members (excludes halogenated alkanes) is 5. The third-order valence-corrected chi connectivity index (χ3v) is 13.7. The van der Waals surface area contributed by atoms with Crippen LogP contribution in [-0.4, -0.2) is 0 Å². The SMILES string of the molecule is C=C/C=C/CCCCc1cc(C)cc2c(CCCC/C=C/C=C)cc(C)cc12.Cc1cc(CCCc2ccc3c(c2)CC3)c2cc(C)cc(CCCCc3ccc4c(c3)CC4)c2c1. The van der Waals surface area contributed by atoms with Gasteiger partial charge in [-0.25, -0.2) is 0 Å². The van der Waals surface area contributed by atoms with Gasteiger partial charge in [0.05, 0.1) is 0 Å². The second-order valence-corrected chi connectivity index (χ2v) is 19.0. The highest BCUT2D eigenvalue weighted by Crippen LogP contribution is 2.32. The molecule has 6 aromatic carbocycles. The van der Waals surface area contributed by atoms with E-state index in [4.69, 9.17) is 0 Å². The molecule has 8 rings (SSSR count). The number of benzene rings is 6. The summed E-state index contributed by atoms with van der Waals surface area (Å²) in [6.07, 6.45) is 35.4. The topological polar surface area (TPSA) is 0 Å². The molecule has 326 valence electrons. The van der Waals surface area contributed by atoms with Gasteiger partial charge in [0.1, 0.15) is 0 Å². The molecule has 0 heteroatoms. The van der Waals surface area contributed by atoms with Crippen molar-refractivity contribution in [3.8, 4) is 0 Å². The van der Waals surface area contributed by atoms with Crippen molar-refractivity contribution in [1.29, 1.82) is 0 Å². The minimum Gasteiger partial charge on any atom is -0.0991 e. The normalized spacial score (nSPS) is 12.8. The predicted molar refractivity (Wildman–Crippen MR) is 277 cm³/mol. The van der Waals surface area contributed by atoms with Crippen molar-refractivity contribution in [2.24, 2.45) is 0 Å². The van der Waals surface area contributed by atoms with Gasteiger partial charge in [0.25, 0.3) is 0 Å². The maximum Gasteiger partial charge on any atom is -0.0146 e. The van der Waals surface area contributed by atoms with Gasteiger partial charge < -0.3 is 0 Å². The average molecular weight is 831 g/mol. The molecule has 63 heavy (non-hydrogen) atoms. The molecule has 0 saturated carbocycles. The Bertz CT molecular complexity index is 2500. The molecule has 0 fully saturated rings. The minimum absolute atomic E-state index is 1.14. The molecule has 0 spiro atoms. The van der Waals surface area contributed by atoms with Crippen molar-refractivity contribution in [2.45, 2.75) is 150 Å². The monoisotopic (exact) mass is 831 g/mol. The molecule has 0 amide bonds. The third-order valence-electron chi connectivity index (χ3n) is 13.7. The van der Waals surface area contributed by atoms with Gasteiger partial charge in [-0.05, 0) is 227 Å². The Labute approximate surface area is 382 Å². The van der Waals surface area contributed by atoms with Gasteiger partial charge in [0.2, 0.25) is 0 Å². The van der Waals surface area contributed by atoms with E-state index in [1.165, 1.54) is 162 Å². The summed E-state index contributed by atoms with van der Waals surface area (Å²) in [5, 5.41) is 5.92. The minimum atomic E-state index is 1.14. The lowest BCUT2D eigenvalue weighted by molar-refractivity contribution is 0.732. The third kappa shape index (κ3) is 12.7. The van der Waals surface area contributed by atoms with E-state index in [0.717, 1.165) is 32.1 Å². The number of rotatable bonds is 21. The molecular formula is C63H74. The predicted octanol–water partition coefficient (Wildman–Crippen LogP) is 16.8. The lowest BCUT2D eigenvalue weighted by Gasteiger charge is -2.19. The molecular weight excluding hydrogens is 757 g/mol. The van der Waals surface area contributed by atoms with Gasteiger partial charge in [-0.3, -0.25) is 0 Å². The first kappa shape index (κ1) is 45.8. The number of fused-ring (bicyclic) bond motifs is 4. The second-order valence-electron chi connectivity index (χ2n) is 19.0. The maximum absolute atomic E-state index is 3.73. The summed E-state index contributed by atoms with van der Waals surface area (Å²) in [7, 11) is 0. The van der Waals surface area contributed by atoms with Crippen LogP contribution in [0.25, 0.3) is 21.5 Å². The number of hydrogen-bond donors (Lipinski definition) is 0. The summed E-state index contributed by atoms with van der Waals surface area (Å²) in [6.45, 7) is 16.5. The largest absolute Gasteiger partial charge is 0.0991 e. The van der Waals surface area contributed by atoms with Crippen LogP contribution in [0.3, 0.4) is 0 Å². The van der Waals surface area contributed by atoms with Crippen LogP contribution in [0.15, 0.2) is 135 Å². The van der Waals surface area contributed by atoms with Crippen molar-refractivity contribution < 1.29 is 0 Å². The molecule has 0 saturated heterocycles. The molecule has 2 aliphatic carbocycles. The molecule has 2 aliphatic rings. The lowest BCUT2D eigenvalue weighted by atomic mass is 9.86. The van der Waals surface area contributed by atoms with Crippen LogP contribution >= 0.6 is 0 Å². The molecule has 0 heterocycles. The zero-order valence-electron chi connectivity index (χ0n) is 39.4. The van der Waals surface area contributed by atoms with E-state index >= 15 is 0 Å². The molecule has 0 nitrogen and oxygen atoms in total. The molecule has 0 bridgehead atoms. The van der Waals surface area contributed by atoms with Crippen molar-refractivity contribution >= 4 is 21.5 Å². The summed E-state index contributed by atoms with van der Waals surface area (Å²) in [5.74, 6) is 0. The summed E-state index contributed by atoms with van der Waals surface area (Å²) < 4.78 is 0. The Morgan fingerprint density at radius 3 is 1.05 bits per heavy atom.